The van der Waals surface area contributed by atoms with Crippen molar-refractivity contribution in [3.63, 3.8) is 0 Å². The first-order valence-electron chi connectivity index (χ1n) is 13.5. The molecule has 0 amide bonds. The van der Waals surface area contributed by atoms with Gasteiger partial charge in [0.25, 0.3) is 5.91 Å². The van der Waals surface area contributed by atoms with Gasteiger partial charge in [-0.3, -0.25) is 19.2 Å². The molecule has 6 nitrogen and oxygen atoms in total. The summed E-state index contributed by atoms with van der Waals surface area (Å²) in [4.78, 5) is 35.2. The Morgan fingerprint density at radius 1 is 0.895 bits per heavy atom. The lowest BCUT2D eigenvalue weighted by molar-refractivity contribution is 0.0244. The molecular formula is C32H31N3O3. The number of aromatic nitrogens is 2. The van der Waals surface area contributed by atoms with Crippen molar-refractivity contribution >= 4 is 44.6 Å². The number of hydrogen-bond acceptors (Lipinski definition) is 5. The molecule has 6 rings (SSSR count). The average molecular weight is 506 g/mol. The predicted octanol–water partition coefficient (Wildman–Crippen LogP) is 6.39. The Bertz CT molecular complexity index is 1630. The third kappa shape index (κ3) is 4.05. The summed E-state index contributed by atoms with van der Waals surface area (Å²) in [6, 6.07) is 23.4. The standard InChI is InChI=1S/C32H31N3O3/c1-3-18-34-19-17-26-24(20-34)30(23-13-5-8-14-25(23)33-26)32(37)38-29(4-2)31(36)35-27-15-9-6-11-21(27)22-12-7-10-16-28(22)35/h5-16,29H,3-4,17-20H2,1-2H3. The SMILES string of the molecule is CCCN1CCc2nc3ccccc3c(C(=O)OC(CC)C(=O)n3c4ccccc4c4ccccc43)c2C1. The molecule has 6 heteroatoms. The van der Waals surface area contributed by atoms with Gasteiger partial charge in [-0.15, -0.1) is 0 Å². The molecule has 3 heterocycles. The monoisotopic (exact) mass is 505 g/mol. The fourth-order valence-corrected chi connectivity index (χ4v) is 5.79. The topological polar surface area (TPSA) is 64.4 Å². The van der Waals surface area contributed by atoms with Crippen LogP contribution in [0.25, 0.3) is 32.7 Å². The van der Waals surface area contributed by atoms with E-state index < -0.39 is 12.1 Å². The number of nitrogens with zero attached hydrogens (tertiary/aromatic N) is 3. The molecule has 0 spiro atoms. The number of hydrogen-bond donors (Lipinski definition) is 0. The number of benzene rings is 3. The molecule has 38 heavy (non-hydrogen) atoms. The van der Waals surface area contributed by atoms with Gasteiger partial charge in [0.1, 0.15) is 0 Å². The van der Waals surface area contributed by atoms with Gasteiger partial charge in [0.15, 0.2) is 6.10 Å². The van der Waals surface area contributed by atoms with E-state index in [9.17, 15) is 9.59 Å². The van der Waals surface area contributed by atoms with Crippen molar-refractivity contribution in [1.82, 2.24) is 14.5 Å². The Kier molecular flexibility index (Phi) is 6.42. The van der Waals surface area contributed by atoms with Gasteiger partial charge in [-0.1, -0.05) is 68.4 Å². The largest absolute Gasteiger partial charge is 0.449 e. The first-order valence-corrected chi connectivity index (χ1v) is 13.5. The summed E-state index contributed by atoms with van der Waals surface area (Å²) in [6.45, 7) is 6.58. The zero-order chi connectivity index (χ0) is 26.2. The van der Waals surface area contributed by atoms with E-state index in [1.165, 1.54) is 0 Å². The molecule has 0 saturated carbocycles. The van der Waals surface area contributed by atoms with E-state index in [-0.39, 0.29) is 5.91 Å². The van der Waals surface area contributed by atoms with E-state index >= 15 is 0 Å². The Morgan fingerprint density at radius 3 is 2.18 bits per heavy atom. The van der Waals surface area contributed by atoms with E-state index in [2.05, 4.69) is 11.8 Å². The number of ether oxygens (including phenoxy) is 1. The average Bonchev–Trinajstić information content (AvgIpc) is 3.29. The summed E-state index contributed by atoms with van der Waals surface area (Å²) in [5.41, 5.74) is 4.83. The molecule has 0 bridgehead atoms. The third-order valence-electron chi connectivity index (χ3n) is 7.57. The van der Waals surface area contributed by atoms with Crippen LogP contribution >= 0.6 is 0 Å². The van der Waals surface area contributed by atoms with Crippen molar-refractivity contribution in [2.45, 2.75) is 45.8 Å². The molecular weight excluding hydrogens is 474 g/mol. The van der Waals surface area contributed by atoms with Crippen molar-refractivity contribution in [2.24, 2.45) is 0 Å². The second-order valence-corrected chi connectivity index (χ2v) is 9.97. The van der Waals surface area contributed by atoms with Gasteiger partial charge in [-0.05, 0) is 37.6 Å². The summed E-state index contributed by atoms with van der Waals surface area (Å²) >= 11 is 0. The first-order chi connectivity index (χ1) is 18.6. The van der Waals surface area contributed by atoms with Gasteiger partial charge < -0.3 is 4.74 Å². The Morgan fingerprint density at radius 2 is 1.53 bits per heavy atom. The Balaban J connectivity index is 1.41. The summed E-state index contributed by atoms with van der Waals surface area (Å²) in [7, 11) is 0. The minimum absolute atomic E-state index is 0.238. The van der Waals surface area contributed by atoms with E-state index in [0.717, 1.165) is 69.9 Å². The molecule has 5 aromatic rings. The van der Waals surface area contributed by atoms with Gasteiger partial charge in [0, 0.05) is 46.9 Å². The lowest BCUT2D eigenvalue weighted by Gasteiger charge is -2.30. The highest BCUT2D eigenvalue weighted by molar-refractivity contribution is 6.14. The van der Waals surface area contributed by atoms with E-state index in [1.807, 2.05) is 79.7 Å². The Hall–Kier alpha value is -4.03. The maximum absolute atomic E-state index is 14.0. The molecule has 3 aromatic carbocycles. The lowest BCUT2D eigenvalue weighted by Crippen LogP contribution is -2.35. The number of carbonyl (C=O) groups is 2. The van der Waals surface area contributed by atoms with Gasteiger partial charge >= 0.3 is 5.97 Å². The number of fused-ring (bicyclic) bond motifs is 5. The zero-order valence-electron chi connectivity index (χ0n) is 21.8. The van der Waals surface area contributed by atoms with Gasteiger partial charge in [-0.2, -0.15) is 0 Å². The number of rotatable bonds is 6. The smallest absolute Gasteiger partial charge is 0.340 e. The van der Waals surface area contributed by atoms with Gasteiger partial charge in [0.2, 0.25) is 0 Å². The van der Waals surface area contributed by atoms with Crippen LogP contribution in [-0.4, -0.2) is 45.5 Å². The maximum Gasteiger partial charge on any atom is 0.340 e. The molecule has 0 saturated heterocycles. The lowest BCUT2D eigenvalue weighted by atomic mass is 9.95. The van der Waals surface area contributed by atoms with Crippen molar-refractivity contribution < 1.29 is 14.3 Å². The molecule has 0 N–H and O–H groups in total. The van der Waals surface area contributed by atoms with Crippen LogP contribution in [0.2, 0.25) is 0 Å². The summed E-state index contributed by atoms with van der Waals surface area (Å²) in [5, 5.41) is 2.78. The van der Waals surface area contributed by atoms with Crippen LogP contribution in [0.3, 0.4) is 0 Å². The molecule has 192 valence electrons. The van der Waals surface area contributed by atoms with Crippen molar-refractivity contribution in [2.75, 3.05) is 13.1 Å². The van der Waals surface area contributed by atoms with E-state index in [0.29, 0.717) is 18.5 Å². The number of carbonyl (C=O) groups excluding carboxylic acids is 2. The third-order valence-corrected chi connectivity index (χ3v) is 7.57. The van der Waals surface area contributed by atoms with Crippen LogP contribution < -0.4 is 0 Å². The van der Waals surface area contributed by atoms with Crippen molar-refractivity contribution in [3.8, 4) is 0 Å². The molecule has 0 radical (unpaired) electrons. The van der Waals surface area contributed by atoms with Crippen LogP contribution in [-0.2, 0) is 17.7 Å². The molecule has 1 aliphatic rings. The molecule has 0 aliphatic carbocycles. The van der Waals surface area contributed by atoms with Crippen LogP contribution in [0.5, 0.6) is 0 Å². The summed E-state index contributed by atoms with van der Waals surface area (Å²) in [6.07, 6.45) is 1.29. The molecule has 1 aliphatic heterocycles. The minimum atomic E-state index is -0.917. The Labute approximate surface area is 221 Å². The highest BCUT2D eigenvalue weighted by atomic mass is 16.5. The molecule has 1 atom stereocenters. The van der Waals surface area contributed by atoms with Crippen LogP contribution in [0.15, 0.2) is 72.8 Å². The van der Waals surface area contributed by atoms with Crippen LogP contribution in [0.4, 0.5) is 0 Å². The molecule has 1 unspecified atom stereocenters. The van der Waals surface area contributed by atoms with Crippen LogP contribution in [0.1, 0.15) is 53.1 Å². The highest BCUT2D eigenvalue weighted by Gasteiger charge is 2.31. The highest BCUT2D eigenvalue weighted by Crippen LogP contribution is 2.31. The first kappa shape index (κ1) is 24.3. The molecule has 0 fully saturated rings. The second-order valence-electron chi connectivity index (χ2n) is 9.97. The minimum Gasteiger partial charge on any atom is -0.449 e. The fraction of sp³-hybridized carbons (Fsp3) is 0.281. The summed E-state index contributed by atoms with van der Waals surface area (Å²) in [5.74, 6) is -0.697. The second kappa shape index (κ2) is 10.0. The van der Waals surface area contributed by atoms with Crippen molar-refractivity contribution in [1.29, 1.82) is 0 Å². The van der Waals surface area contributed by atoms with Gasteiger partial charge in [0.05, 0.1) is 22.1 Å². The number of pyridine rings is 1. The number of esters is 1. The normalized spacial score (nSPS) is 14.6. The summed E-state index contributed by atoms with van der Waals surface area (Å²) < 4.78 is 7.79. The van der Waals surface area contributed by atoms with E-state index in [4.69, 9.17) is 9.72 Å². The fourth-order valence-electron chi connectivity index (χ4n) is 5.79. The number of para-hydroxylation sites is 3. The predicted molar refractivity (Wildman–Crippen MR) is 151 cm³/mol. The quantitative estimate of drug-likeness (QED) is 0.250. The maximum atomic E-state index is 14.0. The van der Waals surface area contributed by atoms with Gasteiger partial charge in [-0.25, -0.2) is 4.79 Å². The van der Waals surface area contributed by atoms with Crippen LogP contribution in [0, 0.1) is 0 Å². The van der Waals surface area contributed by atoms with E-state index in [1.54, 1.807) is 4.57 Å². The van der Waals surface area contributed by atoms with Crippen molar-refractivity contribution in [3.05, 3.63) is 89.6 Å². The zero-order valence-corrected chi connectivity index (χ0v) is 21.8. The molecule has 2 aromatic heterocycles.